The lowest BCUT2D eigenvalue weighted by Crippen LogP contribution is -2.51. The number of pyridine rings is 1. The van der Waals surface area contributed by atoms with Crippen LogP contribution in [0.15, 0.2) is 12.3 Å². The van der Waals surface area contributed by atoms with Crippen molar-refractivity contribution in [2.45, 2.75) is 39.2 Å². The van der Waals surface area contributed by atoms with Gasteiger partial charge in [-0.3, -0.25) is 9.69 Å². The third kappa shape index (κ3) is 1.88. The molecule has 17 heavy (non-hydrogen) atoms. The van der Waals surface area contributed by atoms with Gasteiger partial charge in [0, 0.05) is 13.2 Å². The number of nitrogens with zero attached hydrogens (tertiary/aromatic N) is 2. The SMILES string of the molecule is CC(C)c1cnc2c(c1)OC(C)(C)C(=O)N2C. The number of carbonyl (C=O) groups excluding carboxylic acids is 1. The van der Waals surface area contributed by atoms with Crippen LogP contribution in [-0.2, 0) is 4.79 Å². The summed E-state index contributed by atoms with van der Waals surface area (Å²) in [7, 11) is 1.73. The molecule has 1 aromatic heterocycles. The molecule has 1 aliphatic rings. The van der Waals surface area contributed by atoms with E-state index in [1.165, 1.54) is 0 Å². The normalized spacial score (nSPS) is 18.0. The second kappa shape index (κ2) is 3.72. The predicted octanol–water partition coefficient (Wildman–Crippen LogP) is 2.34. The molecule has 1 aromatic rings. The standard InChI is InChI=1S/C13H18N2O2/c1-8(2)9-6-10-11(14-7-9)15(5)12(16)13(3,4)17-10/h6-8H,1-5H3. The Bertz CT molecular complexity index is 466. The van der Waals surface area contributed by atoms with Crippen LogP contribution in [0.5, 0.6) is 5.75 Å². The lowest BCUT2D eigenvalue weighted by atomic mass is 10.0. The summed E-state index contributed by atoms with van der Waals surface area (Å²) < 4.78 is 5.74. The minimum Gasteiger partial charge on any atom is -0.474 e. The third-order valence-corrected chi connectivity index (χ3v) is 3.02. The number of rotatable bonds is 1. The van der Waals surface area contributed by atoms with E-state index in [0.717, 1.165) is 5.56 Å². The van der Waals surface area contributed by atoms with Gasteiger partial charge in [0.2, 0.25) is 0 Å². The fourth-order valence-corrected chi connectivity index (χ4v) is 1.91. The number of aromatic nitrogens is 1. The summed E-state index contributed by atoms with van der Waals surface area (Å²) in [5, 5.41) is 0. The Morgan fingerprint density at radius 2 is 2.06 bits per heavy atom. The fraction of sp³-hybridized carbons (Fsp3) is 0.538. The average Bonchev–Trinajstić information content (AvgIpc) is 2.25. The van der Waals surface area contributed by atoms with Gasteiger partial charge in [0.25, 0.3) is 5.91 Å². The van der Waals surface area contributed by atoms with Crippen LogP contribution in [0, 0.1) is 0 Å². The van der Waals surface area contributed by atoms with E-state index in [1.807, 2.05) is 6.07 Å². The highest BCUT2D eigenvalue weighted by atomic mass is 16.5. The summed E-state index contributed by atoms with van der Waals surface area (Å²) in [6, 6.07) is 1.97. The molecular formula is C13H18N2O2. The van der Waals surface area contributed by atoms with Gasteiger partial charge >= 0.3 is 0 Å². The maximum Gasteiger partial charge on any atom is 0.271 e. The molecule has 92 valence electrons. The number of amides is 1. The van der Waals surface area contributed by atoms with E-state index in [2.05, 4.69) is 18.8 Å². The molecule has 0 radical (unpaired) electrons. The molecular weight excluding hydrogens is 216 g/mol. The molecule has 4 heteroatoms. The molecule has 0 N–H and O–H groups in total. The Balaban J connectivity index is 2.50. The van der Waals surface area contributed by atoms with Crippen molar-refractivity contribution in [3.8, 4) is 5.75 Å². The minimum absolute atomic E-state index is 0.0743. The summed E-state index contributed by atoms with van der Waals surface area (Å²) in [5.41, 5.74) is 0.293. The van der Waals surface area contributed by atoms with E-state index < -0.39 is 5.60 Å². The number of fused-ring (bicyclic) bond motifs is 1. The lowest BCUT2D eigenvalue weighted by Gasteiger charge is -2.36. The van der Waals surface area contributed by atoms with Crippen LogP contribution in [-0.4, -0.2) is 23.5 Å². The van der Waals surface area contributed by atoms with E-state index in [4.69, 9.17) is 4.74 Å². The first kappa shape index (κ1) is 11.9. The fourth-order valence-electron chi connectivity index (χ4n) is 1.91. The molecule has 0 saturated carbocycles. The highest BCUT2D eigenvalue weighted by molar-refractivity contribution is 6.00. The van der Waals surface area contributed by atoms with Crippen molar-refractivity contribution in [1.29, 1.82) is 0 Å². The monoisotopic (exact) mass is 234 g/mol. The van der Waals surface area contributed by atoms with E-state index >= 15 is 0 Å². The summed E-state index contributed by atoms with van der Waals surface area (Å²) in [6.45, 7) is 7.76. The first-order valence-corrected chi connectivity index (χ1v) is 5.80. The maximum atomic E-state index is 12.0. The Kier molecular flexibility index (Phi) is 2.60. The van der Waals surface area contributed by atoms with Crippen LogP contribution in [0.1, 0.15) is 39.2 Å². The van der Waals surface area contributed by atoms with Crippen LogP contribution in [0.2, 0.25) is 0 Å². The van der Waals surface area contributed by atoms with Crippen LogP contribution in [0.3, 0.4) is 0 Å². The van der Waals surface area contributed by atoms with Crippen LogP contribution in [0.4, 0.5) is 5.82 Å². The molecule has 0 saturated heterocycles. The van der Waals surface area contributed by atoms with E-state index in [0.29, 0.717) is 17.5 Å². The van der Waals surface area contributed by atoms with Crippen molar-refractivity contribution in [3.63, 3.8) is 0 Å². The van der Waals surface area contributed by atoms with Gasteiger partial charge in [-0.2, -0.15) is 0 Å². The van der Waals surface area contributed by atoms with Crippen molar-refractivity contribution in [3.05, 3.63) is 17.8 Å². The van der Waals surface area contributed by atoms with Crippen LogP contribution < -0.4 is 9.64 Å². The number of anilines is 1. The molecule has 1 amide bonds. The summed E-state index contributed by atoms with van der Waals surface area (Å²) in [6.07, 6.45) is 1.80. The largest absolute Gasteiger partial charge is 0.474 e. The topological polar surface area (TPSA) is 42.4 Å². The van der Waals surface area contributed by atoms with E-state index in [9.17, 15) is 4.79 Å². The molecule has 2 rings (SSSR count). The minimum atomic E-state index is -0.820. The number of likely N-dealkylation sites (N-methyl/N-ethyl adjacent to an activating group) is 1. The van der Waals surface area contributed by atoms with Gasteiger partial charge in [0.1, 0.15) is 0 Å². The Labute approximate surface area is 102 Å². The van der Waals surface area contributed by atoms with Gasteiger partial charge < -0.3 is 4.74 Å². The first-order valence-electron chi connectivity index (χ1n) is 5.80. The van der Waals surface area contributed by atoms with Gasteiger partial charge in [0.15, 0.2) is 17.2 Å². The third-order valence-electron chi connectivity index (χ3n) is 3.02. The van der Waals surface area contributed by atoms with E-state index in [-0.39, 0.29) is 5.91 Å². The quantitative estimate of drug-likeness (QED) is 0.749. The molecule has 0 bridgehead atoms. The first-order chi connectivity index (χ1) is 7.83. The van der Waals surface area contributed by atoms with Crippen molar-refractivity contribution in [1.82, 2.24) is 4.98 Å². The van der Waals surface area contributed by atoms with Crippen molar-refractivity contribution >= 4 is 11.7 Å². The van der Waals surface area contributed by atoms with Gasteiger partial charge in [0.05, 0.1) is 0 Å². The summed E-state index contributed by atoms with van der Waals surface area (Å²) >= 11 is 0. The van der Waals surface area contributed by atoms with Crippen LogP contribution >= 0.6 is 0 Å². The van der Waals surface area contributed by atoms with Gasteiger partial charge in [-0.25, -0.2) is 4.98 Å². The Morgan fingerprint density at radius 3 is 2.65 bits per heavy atom. The molecule has 0 atom stereocenters. The molecule has 0 fully saturated rings. The van der Waals surface area contributed by atoms with Crippen molar-refractivity contribution in [2.75, 3.05) is 11.9 Å². The number of hydrogen-bond acceptors (Lipinski definition) is 3. The molecule has 0 unspecified atom stereocenters. The Morgan fingerprint density at radius 1 is 1.41 bits per heavy atom. The Hall–Kier alpha value is -1.58. The zero-order valence-electron chi connectivity index (χ0n) is 10.9. The molecule has 0 aromatic carbocycles. The molecule has 4 nitrogen and oxygen atoms in total. The van der Waals surface area contributed by atoms with Crippen LogP contribution in [0.25, 0.3) is 0 Å². The molecule has 0 aliphatic carbocycles. The zero-order valence-corrected chi connectivity index (χ0v) is 10.9. The highest BCUT2D eigenvalue weighted by Crippen LogP contribution is 2.36. The van der Waals surface area contributed by atoms with Gasteiger partial charge in [-0.1, -0.05) is 13.8 Å². The average molecular weight is 234 g/mol. The summed E-state index contributed by atoms with van der Waals surface area (Å²) in [4.78, 5) is 17.9. The predicted molar refractivity (Wildman–Crippen MR) is 66.4 cm³/mol. The number of hydrogen-bond donors (Lipinski definition) is 0. The van der Waals surface area contributed by atoms with E-state index in [1.54, 1.807) is 32.0 Å². The number of ether oxygens (including phenoxy) is 1. The molecule has 0 spiro atoms. The van der Waals surface area contributed by atoms with Gasteiger partial charge in [-0.05, 0) is 31.4 Å². The summed E-state index contributed by atoms with van der Waals surface area (Å²) in [5.74, 6) is 1.60. The second-order valence-corrected chi connectivity index (χ2v) is 5.22. The smallest absolute Gasteiger partial charge is 0.271 e. The highest BCUT2D eigenvalue weighted by Gasteiger charge is 2.40. The number of carbonyl (C=O) groups is 1. The second-order valence-electron chi connectivity index (χ2n) is 5.22. The lowest BCUT2D eigenvalue weighted by molar-refractivity contribution is -0.132. The molecule has 2 heterocycles. The van der Waals surface area contributed by atoms with Crippen molar-refractivity contribution in [2.24, 2.45) is 0 Å². The van der Waals surface area contributed by atoms with Gasteiger partial charge in [-0.15, -0.1) is 0 Å². The van der Waals surface area contributed by atoms with Crippen molar-refractivity contribution < 1.29 is 9.53 Å². The maximum absolute atomic E-state index is 12.0. The molecule has 1 aliphatic heterocycles. The zero-order chi connectivity index (χ0) is 12.8.